The molecule has 3 aromatic rings. The molecule has 0 spiro atoms. The second-order valence-corrected chi connectivity index (χ2v) is 6.15. The molecule has 0 aliphatic rings. The average molecular weight is 330 g/mol. The van der Waals surface area contributed by atoms with Crippen molar-refractivity contribution in [3.05, 3.63) is 36.8 Å². The average Bonchev–Trinajstić information content (AvgIpc) is 3.02. The van der Waals surface area contributed by atoms with Gasteiger partial charge in [-0.15, -0.1) is 5.10 Å². The van der Waals surface area contributed by atoms with E-state index < -0.39 is 0 Å². The molecule has 0 aliphatic carbocycles. The van der Waals surface area contributed by atoms with Crippen LogP contribution in [0.3, 0.4) is 0 Å². The zero-order chi connectivity index (χ0) is 16.1. The predicted octanol–water partition coefficient (Wildman–Crippen LogP) is 2.93. The third kappa shape index (κ3) is 3.56. The minimum Gasteiger partial charge on any atom is -0.497 e. The van der Waals surface area contributed by atoms with Gasteiger partial charge in [-0.05, 0) is 17.9 Å². The minimum absolute atomic E-state index is 0.561. The molecule has 2 aromatic heterocycles. The normalized spacial score (nSPS) is 10.9. The summed E-state index contributed by atoms with van der Waals surface area (Å²) in [5, 5.41) is 7.86. The SMILES string of the molecule is CCSCCOc1cc(OC)ccc1-c1cn2ccnnc2n1. The van der Waals surface area contributed by atoms with Gasteiger partial charge in [-0.2, -0.15) is 16.9 Å². The Hall–Kier alpha value is -2.28. The zero-order valence-corrected chi connectivity index (χ0v) is 13.9. The van der Waals surface area contributed by atoms with Crippen molar-refractivity contribution in [2.75, 3.05) is 25.2 Å². The fourth-order valence-corrected chi connectivity index (χ4v) is 2.69. The monoisotopic (exact) mass is 330 g/mol. The number of methoxy groups -OCH3 is 1. The Kier molecular flexibility index (Phi) is 4.97. The van der Waals surface area contributed by atoms with Crippen molar-refractivity contribution < 1.29 is 9.47 Å². The van der Waals surface area contributed by atoms with Gasteiger partial charge in [0.05, 0.1) is 25.6 Å². The Morgan fingerprint density at radius 3 is 3.00 bits per heavy atom. The third-order valence-corrected chi connectivity index (χ3v) is 4.17. The van der Waals surface area contributed by atoms with E-state index in [0.717, 1.165) is 34.3 Å². The molecular formula is C16H18N4O2S. The maximum atomic E-state index is 5.95. The van der Waals surface area contributed by atoms with Crippen molar-refractivity contribution in [2.45, 2.75) is 6.92 Å². The van der Waals surface area contributed by atoms with Crippen molar-refractivity contribution in [3.63, 3.8) is 0 Å². The lowest BCUT2D eigenvalue weighted by Gasteiger charge is -2.11. The Morgan fingerprint density at radius 1 is 1.30 bits per heavy atom. The molecule has 7 heteroatoms. The van der Waals surface area contributed by atoms with E-state index in [1.807, 2.05) is 46.8 Å². The van der Waals surface area contributed by atoms with Crippen molar-refractivity contribution >= 4 is 17.5 Å². The number of rotatable bonds is 7. The van der Waals surface area contributed by atoms with Gasteiger partial charge in [0.25, 0.3) is 5.78 Å². The van der Waals surface area contributed by atoms with Crippen LogP contribution in [0.4, 0.5) is 0 Å². The second-order valence-electron chi connectivity index (χ2n) is 4.75. The van der Waals surface area contributed by atoms with E-state index in [9.17, 15) is 0 Å². The summed E-state index contributed by atoms with van der Waals surface area (Å²) in [5.41, 5.74) is 1.71. The van der Waals surface area contributed by atoms with E-state index >= 15 is 0 Å². The van der Waals surface area contributed by atoms with Gasteiger partial charge >= 0.3 is 0 Å². The highest BCUT2D eigenvalue weighted by atomic mass is 32.2. The maximum Gasteiger partial charge on any atom is 0.254 e. The lowest BCUT2D eigenvalue weighted by molar-refractivity contribution is 0.341. The Labute approximate surface area is 138 Å². The number of aromatic nitrogens is 4. The minimum atomic E-state index is 0.561. The van der Waals surface area contributed by atoms with Gasteiger partial charge in [0.1, 0.15) is 11.5 Å². The summed E-state index contributed by atoms with van der Waals surface area (Å²) in [6.45, 7) is 2.78. The van der Waals surface area contributed by atoms with Gasteiger partial charge in [-0.25, -0.2) is 4.98 Å². The highest BCUT2D eigenvalue weighted by molar-refractivity contribution is 7.99. The van der Waals surface area contributed by atoms with Crippen LogP contribution in [0, 0.1) is 0 Å². The summed E-state index contributed by atoms with van der Waals surface area (Å²) < 4.78 is 13.1. The lowest BCUT2D eigenvalue weighted by Crippen LogP contribution is -2.02. The van der Waals surface area contributed by atoms with E-state index in [-0.39, 0.29) is 0 Å². The van der Waals surface area contributed by atoms with Gasteiger partial charge in [-0.3, -0.25) is 4.40 Å². The van der Waals surface area contributed by atoms with Crippen LogP contribution in [-0.4, -0.2) is 44.8 Å². The molecule has 120 valence electrons. The zero-order valence-electron chi connectivity index (χ0n) is 13.1. The molecule has 0 saturated heterocycles. The summed E-state index contributed by atoms with van der Waals surface area (Å²) in [6, 6.07) is 5.75. The van der Waals surface area contributed by atoms with Crippen LogP contribution in [0.2, 0.25) is 0 Å². The van der Waals surface area contributed by atoms with E-state index in [2.05, 4.69) is 22.1 Å². The molecule has 0 aliphatic heterocycles. The number of nitrogens with zero attached hydrogens (tertiary/aromatic N) is 4. The van der Waals surface area contributed by atoms with Crippen LogP contribution in [0.1, 0.15) is 6.92 Å². The first-order valence-corrected chi connectivity index (χ1v) is 8.52. The molecule has 0 saturated carbocycles. The number of fused-ring (bicyclic) bond motifs is 1. The Balaban J connectivity index is 1.93. The van der Waals surface area contributed by atoms with Crippen molar-refractivity contribution in [3.8, 4) is 22.8 Å². The molecule has 1 aromatic carbocycles. The van der Waals surface area contributed by atoms with Crippen LogP contribution in [0.25, 0.3) is 17.0 Å². The van der Waals surface area contributed by atoms with Gasteiger partial charge in [-0.1, -0.05) is 6.92 Å². The second kappa shape index (κ2) is 7.32. The van der Waals surface area contributed by atoms with Gasteiger partial charge < -0.3 is 9.47 Å². The lowest BCUT2D eigenvalue weighted by atomic mass is 10.1. The molecule has 6 nitrogen and oxygen atoms in total. The number of thioether (sulfide) groups is 1. The molecule has 3 rings (SSSR count). The fraction of sp³-hybridized carbons (Fsp3) is 0.312. The van der Waals surface area contributed by atoms with Crippen molar-refractivity contribution in [1.82, 2.24) is 19.6 Å². The van der Waals surface area contributed by atoms with Crippen LogP contribution in [0.15, 0.2) is 36.8 Å². The van der Waals surface area contributed by atoms with Crippen molar-refractivity contribution in [2.24, 2.45) is 0 Å². The number of hydrogen-bond donors (Lipinski definition) is 0. The van der Waals surface area contributed by atoms with E-state index in [0.29, 0.717) is 12.4 Å². The van der Waals surface area contributed by atoms with E-state index in [1.54, 1.807) is 13.3 Å². The van der Waals surface area contributed by atoms with E-state index in [4.69, 9.17) is 9.47 Å². The van der Waals surface area contributed by atoms with Crippen molar-refractivity contribution in [1.29, 1.82) is 0 Å². The quantitative estimate of drug-likeness (QED) is 0.621. The smallest absolute Gasteiger partial charge is 0.254 e. The summed E-state index contributed by atoms with van der Waals surface area (Å²) in [6.07, 6.45) is 5.37. The largest absolute Gasteiger partial charge is 0.497 e. The molecule has 23 heavy (non-hydrogen) atoms. The Morgan fingerprint density at radius 2 is 2.22 bits per heavy atom. The Bertz CT molecular complexity index is 758. The molecule has 0 N–H and O–H groups in total. The van der Waals surface area contributed by atoms with Crippen LogP contribution >= 0.6 is 11.8 Å². The van der Waals surface area contributed by atoms with Gasteiger partial charge in [0.2, 0.25) is 0 Å². The summed E-state index contributed by atoms with van der Waals surface area (Å²) in [7, 11) is 1.65. The first-order chi connectivity index (χ1) is 11.3. The maximum absolute atomic E-state index is 5.95. The highest BCUT2D eigenvalue weighted by Crippen LogP contribution is 2.33. The molecule has 0 fully saturated rings. The topological polar surface area (TPSA) is 61.5 Å². The van der Waals surface area contributed by atoms with E-state index in [1.165, 1.54) is 0 Å². The molecule has 0 amide bonds. The number of hydrogen-bond acceptors (Lipinski definition) is 6. The molecule has 0 atom stereocenters. The first kappa shape index (κ1) is 15.6. The molecular weight excluding hydrogens is 312 g/mol. The standard InChI is InChI=1S/C16H18N4O2S/c1-3-23-9-8-22-15-10-12(21-2)4-5-13(15)14-11-20-7-6-17-19-16(20)18-14/h4-7,10-11H,3,8-9H2,1-2H3. The summed E-state index contributed by atoms with van der Waals surface area (Å²) in [4.78, 5) is 4.51. The molecule has 0 radical (unpaired) electrons. The molecule has 0 unspecified atom stereocenters. The summed E-state index contributed by atoms with van der Waals surface area (Å²) >= 11 is 1.85. The summed E-state index contributed by atoms with van der Waals surface area (Å²) in [5.74, 6) is 4.11. The van der Waals surface area contributed by atoms with Crippen LogP contribution in [0.5, 0.6) is 11.5 Å². The van der Waals surface area contributed by atoms with Gasteiger partial charge in [0.15, 0.2) is 0 Å². The predicted molar refractivity (Wildman–Crippen MR) is 91.3 cm³/mol. The highest BCUT2D eigenvalue weighted by Gasteiger charge is 2.12. The third-order valence-electron chi connectivity index (χ3n) is 3.31. The number of ether oxygens (including phenoxy) is 2. The number of imidazole rings is 1. The van der Waals surface area contributed by atoms with Crippen LogP contribution in [-0.2, 0) is 0 Å². The fourth-order valence-electron chi connectivity index (χ4n) is 2.20. The number of benzene rings is 1. The molecule has 2 heterocycles. The van der Waals surface area contributed by atoms with Crippen LogP contribution < -0.4 is 9.47 Å². The first-order valence-electron chi connectivity index (χ1n) is 7.37. The molecule has 0 bridgehead atoms. The van der Waals surface area contributed by atoms with Gasteiger partial charge in [0, 0.05) is 29.8 Å².